The Bertz CT molecular complexity index is 1140. The van der Waals surface area contributed by atoms with Gasteiger partial charge in [0, 0.05) is 4.88 Å². The van der Waals surface area contributed by atoms with Gasteiger partial charge in [0.2, 0.25) is 0 Å². The van der Waals surface area contributed by atoms with Gasteiger partial charge in [0.1, 0.15) is 5.00 Å². The van der Waals surface area contributed by atoms with E-state index in [2.05, 4.69) is 15.8 Å². The molecule has 2 aromatic rings. The summed E-state index contributed by atoms with van der Waals surface area (Å²) in [5.41, 5.74) is 8.92. The number of ether oxygens (including phenoxy) is 3. The molecule has 4 N–H and O–H groups in total. The molecule has 1 aliphatic rings. The molecule has 34 heavy (non-hydrogen) atoms. The second kappa shape index (κ2) is 11.3. The summed E-state index contributed by atoms with van der Waals surface area (Å²) < 4.78 is 15.6. The number of nitrogens with one attached hydrogen (secondary N) is 2. The zero-order chi connectivity index (χ0) is 24.7. The zero-order valence-corrected chi connectivity index (χ0v) is 19.5. The highest BCUT2D eigenvalue weighted by Gasteiger charge is 2.29. The van der Waals surface area contributed by atoms with Gasteiger partial charge in [-0.3, -0.25) is 14.4 Å². The number of hydrazone groups is 1. The average molecular weight is 489 g/mol. The van der Waals surface area contributed by atoms with Crippen molar-refractivity contribution in [3.63, 3.8) is 0 Å². The first-order valence-electron chi connectivity index (χ1n) is 10.4. The van der Waals surface area contributed by atoms with Crippen LogP contribution >= 0.6 is 11.3 Å². The highest BCUT2D eigenvalue weighted by atomic mass is 32.1. The van der Waals surface area contributed by atoms with Crippen LogP contribution in [0.15, 0.2) is 23.3 Å². The lowest BCUT2D eigenvalue weighted by Crippen LogP contribution is -2.32. The summed E-state index contributed by atoms with van der Waals surface area (Å²) in [4.78, 5) is 48.8. The predicted octanol–water partition coefficient (Wildman–Crippen LogP) is 1.37. The molecule has 1 heterocycles. The lowest BCUT2D eigenvalue weighted by Gasteiger charge is -2.09. The molecule has 0 aliphatic heterocycles. The fourth-order valence-corrected chi connectivity index (χ4v) is 4.59. The molecule has 3 rings (SSSR count). The van der Waals surface area contributed by atoms with Gasteiger partial charge in [0.25, 0.3) is 5.91 Å². The summed E-state index contributed by atoms with van der Waals surface area (Å²) in [7, 11) is 1.42. The highest BCUT2D eigenvalue weighted by molar-refractivity contribution is 7.17. The van der Waals surface area contributed by atoms with Crippen LogP contribution in [0.1, 0.15) is 39.7 Å². The number of anilines is 1. The van der Waals surface area contributed by atoms with E-state index in [-0.39, 0.29) is 13.2 Å². The summed E-state index contributed by atoms with van der Waals surface area (Å²) in [5, 5.41) is 6.57. The summed E-state index contributed by atoms with van der Waals surface area (Å²) in [6.07, 6.45) is 3.77. The molecule has 0 saturated heterocycles. The molecule has 180 valence electrons. The quantitative estimate of drug-likeness (QED) is 0.208. The number of rotatable bonds is 9. The number of thiophene rings is 1. The number of nitrogens with zero attached hydrogens (tertiary/aromatic N) is 1. The fourth-order valence-electron chi connectivity index (χ4n) is 3.32. The van der Waals surface area contributed by atoms with Gasteiger partial charge in [0.15, 0.2) is 18.1 Å². The lowest BCUT2D eigenvalue weighted by molar-refractivity contribution is -0.136. The van der Waals surface area contributed by atoms with E-state index in [9.17, 15) is 19.2 Å². The normalized spacial score (nSPS) is 12.2. The second-order valence-electron chi connectivity index (χ2n) is 7.10. The monoisotopic (exact) mass is 488 g/mol. The number of primary amides is 1. The van der Waals surface area contributed by atoms with Crippen LogP contribution in [0.2, 0.25) is 0 Å². The van der Waals surface area contributed by atoms with E-state index in [1.807, 2.05) is 0 Å². The Morgan fingerprint density at radius 1 is 1.18 bits per heavy atom. The Kier molecular flexibility index (Phi) is 8.19. The van der Waals surface area contributed by atoms with Crippen LogP contribution in [0.25, 0.3) is 0 Å². The average Bonchev–Trinajstić information content (AvgIpc) is 3.38. The van der Waals surface area contributed by atoms with E-state index in [1.54, 1.807) is 25.1 Å². The predicted molar refractivity (Wildman–Crippen MR) is 124 cm³/mol. The van der Waals surface area contributed by atoms with Crippen molar-refractivity contribution in [3.8, 4) is 11.5 Å². The fraction of sp³-hybridized carbons (Fsp3) is 0.318. The minimum Gasteiger partial charge on any atom is -0.493 e. The maximum atomic E-state index is 12.4. The van der Waals surface area contributed by atoms with Crippen molar-refractivity contribution >= 4 is 46.2 Å². The van der Waals surface area contributed by atoms with E-state index in [1.165, 1.54) is 24.7 Å². The molecule has 0 unspecified atom stereocenters. The van der Waals surface area contributed by atoms with Gasteiger partial charge in [0.05, 0.1) is 25.5 Å². The topological polar surface area (TPSA) is 158 Å². The Morgan fingerprint density at radius 2 is 1.97 bits per heavy atom. The van der Waals surface area contributed by atoms with Crippen molar-refractivity contribution in [2.24, 2.45) is 10.8 Å². The molecule has 0 bridgehead atoms. The number of carbonyl (C=O) groups excluding carboxylic acids is 4. The Labute approximate surface area is 199 Å². The van der Waals surface area contributed by atoms with Crippen LogP contribution in [0.4, 0.5) is 5.00 Å². The number of methoxy groups -OCH3 is 1. The molecule has 1 aliphatic carbocycles. The molecule has 12 heteroatoms. The number of benzene rings is 1. The van der Waals surface area contributed by atoms with Gasteiger partial charge in [-0.1, -0.05) is 0 Å². The van der Waals surface area contributed by atoms with Crippen LogP contribution in [0, 0.1) is 0 Å². The maximum Gasteiger partial charge on any atom is 0.341 e. The van der Waals surface area contributed by atoms with Crippen LogP contribution in [0.5, 0.6) is 11.5 Å². The summed E-state index contributed by atoms with van der Waals surface area (Å²) in [6, 6.07) is 4.71. The van der Waals surface area contributed by atoms with Crippen molar-refractivity contribution in [1.29, 1.82) is 0 Å². The first-order valence-corrected chi connectivity index (χ1v) is 11.2. The van der Waals surface area contributed by atoms with Gasteiger partial charge >= 0.3 is 17.8 Å². The number of esters is 1. The van der Waals surface area contributed by atoms with Gasteiger partial charge in [-0.05, 0) is 55.5 Å². The van der Waals surface area contributed by atoms with Crippen molar-refractivity contribution in [3.05, 3.63) is 39.8 Å². The largest absolute Gasteiger partial charge is 0.493 e. The van der Waals surface area contributed by atoms with Crippen LogP contribution in [-0.2, 0) is 32.0 Å². The molecule has 0 radical (unpaired) electrons. The Hall–Kier alpha value is -3.93. The summed E-state index contributed by atoms with van der Waals surface area (Å²) in [6.45, 7) is 1.60. The van der Waals surface area contributed by atoms with Crippen molar-refractivity contribution in [2.45, 2.75) is 26.2 Å². The molecular formula is C22H24N4O7S. The molecule has 0 saturated carbocycles. The first kappa shape index (κ1) is 24.7. The third-order valence-electron chi connectivity index (χ3n) is 4.77. The first-order chi connectivity index (χ1) is 16.3. The maximum absolute atomic E-state index is 12.4. The molecule has 0 spiro atoms. The molecule has 3 amide bonds. The van der Waals surface area contributed by atoms with E-state index >= 15 is 0 Å². The van der Waals surface area contributed by atoms with Crippen molar-refractivity contribution in [2.75, 3.05) is 25.6 Å². The molecular weight excluding hydrogens is 464 g/mol. The minimum atomic E-state index is -1.01. The smallest absolute Gasteiger partial charge is 0.341 e. The number of fused-ring (bicyclic) bond motifs is 1. The van der Waals surface area contributed by atoms with E-state index in [4.69, 9.17) is 19.9 Å². The Morgan fingerprint density at radius 3 is 2.68 bits per heavy atom. The van der Waals surface area contributed by atoms with Crippen molar-refractivity contribution in [1.82, 2.24) is 5.43 Å². The number of amides is 3. The number of hydrogen-bond acceptors (Lipinski definition) is 9. The van der Waals surface area contributed by atoms with Crippen molar-refractivity contribution < 1.29 is 33.4 Å². The van der Waals surface area contributed by atoms with Gasteiger partial charge in [-0.15, -0.1) is 11.3 Å². The van der Waals surface area contributed by atoms with E-state index < -0.39 is 23.7 Å². The third-order valence-corrected chi connectivity index (χ3v) is 5.98. The number of nitrogens with two attached hydrogens (primary N) is 1. The molecule has 11 nitrogen and oxygen atoms in total. The number of hydrogen-bond donors (Lipinski definition) is 3. The zero-order valence-electron chi connectivity index (χ0n) is 18.6. The summed E-state index contributed by atoms with van der Waals surface area (Å²) in [5.74, 6) is -2.49. The van der Waals surface area contributed by atoms with Crippen LogP contribution in [-0.4, -0.2) is 50.2 Å². The van der Waals surface area contributed by atoms with E-state index in [0.29, 0.717) is 27.6 Å². The SMILES string of the molecule is CCOC(=O)c1c(NC(=O)C(=O)NN=Cc2ccc(OCC(N)=O)c(OC)c2)sc2c1CCC2. The molecule has 1 aromatic carbocycles. The van der Waals surface area contributed by atoms with Gasteiger partial charge in [-0.2, -0.15) is 5.10 Å². The minimum absolute atomic E-state index is 0.203. The molecule has 0 fully saturated rings. The molecule has 0 atom stereocenters. The molecule has 1 aromatic heterocycles. The van der Waals surface area contributed by atoms with Crippen LogP contribution in [0.3, 0.4) is 0 Å². The summed E-state index contributed by atoms with van der Waals surface area (Å²) >= 11 is 1.27. The van der Waals surface area contributed by atoms with Crippen LogP contribution < -0.4 is 25.9 Å². The third kappa shape index (κ3) is 5.90. The second-order valence-corrected chi connectivity index (χ2v) is 8.21. The van der Waals surface area contributed by atoms with Gasteiger partial charge in [-0.25, -0.2) is 10.2 Å². The van der Waals surface area contributed by atoms with Gasteiger partial charge < -0.3 is 25.3 Å². The number of aryl methyl sites for hydroxylation is 1. The number of carbonyl (C=O) groups is 4. The highest BCUT2D eigenvalue weighted by Crippen LogP contribution is 2.39. The standard InChI is InChI=1S/C22H24N4O7S/c1-3-32-22(30)18-13-5-4-6-16(13)34-21(18)25-19(28)20(29)26-24-10-12-7-8-14(15(9-12)31-2)33-11-17(23)27/h7-10H,3-6,11H2,1-2H3,(H2,23,27)(H,25,28)(H,26,29). The Balaban J connectivity index is 1.63. The lowest BCUT2D eigenvalue weighted by atomic mass is 10.1. The van der Waals surface area contributed by atoms with E-state index in [0.717, 1.165) is 29.7 Å².